The van der Waals surface area contributed by atoms with E-state index in [-0.39, 0.29) is 12.7 Å². The van der Waals surface area contributed by atoms with Crippen LogP contribution in [0.2, 0.25) is 0 Å². The van der Waals surface area contributed by atoms with Crippen molar-refractivity contribution in [1.82, 2.24) is 0 Å². The van der Waals surface area contributed by atoms with Gasteiger partial charge in [0.15, 0.2) is 0 Å². The fourth-order valence-corrected chi connectivity index (χ4v) is 1.49. The fourth-order valence-electron chi connectivity index (χ4n) is 1.49. The first-order valence-electron chi connectivity index (χ1n) is 4.31. The average molecular weight is 156 g/mol. The first-order chi connectivity index (χ1) is 5.33. The molecule has 1 aliphatic carbocycles. The Morgan fingerprint density at radius 3 is 3.00 bits per heavy atom. The quantitative estimate of drug-likeness (QED) is 0.603. The van der Waals surface area contributed by atoms with Gasteiger partial charge in [-0.15, -0.1) is 0 Å². The molecule has 2 heteroatoms. The molecule has 1 aliphatic rings. The number of hydrogen-bond acceptors (Lipinski definition) is 2. The molecule has 0 aromatic heterocycles. The minimum atomic E-state index is -0.225. The molecular weight excluding hydrogens is 140 g/mol. The maximum atomic E-state index is 9.24. The van der Waals surface area contributed by atoms with Gasteiger partial charge < -0.3 is 10.2 Å². The van der Waals surface area contributed by atoms with Gasteiger partial charge in [0.25, 0.3) is 0 Å². The van der Waals surface area contributed by atoms with E-state index in [1.807, 2.05) is 6.08 Å². The summed E-state index contributed by atoms with van der Waals surface area (Å²) in [5.74, 6) is 0. The molecule has 0 saturated carbocycles. The standard InChI is InChI=1S/C9H16O2/c10-6-2-4-8-3-1-5-9(11)7-8/h7,9-11H,1-6H2. The normalized spacial score (nSPS) is 24.9. The molecule has 2 N–H and O–H groups in total. The summed E-state index contributed by atoms with van der Waals surface area (Å²) in [6, 6.07) is 0. The summed E-state index contributed by atoms with van der Waals surface area (Å²) in [7, 11) is 0. The van der Waals surface area contributed by atoms with E-state index in [0.717, 1.165) is 32.1 Å². The van der Waals surface area contributed by atoms with Gasteiger partial charge in [0.1, 0.15) is 0 Å². The topological polar surface area (TPSA) is 40.5 Å². The Morgan fingerprint density at radius 2 is 2.36 bits per heavy atom. The summed E-state index contributed by atoms with van der Waals surface area (Å²) in [5.41, 5.74) is 1.32. The maximum absolute atomic E-state index is 9.24. The molecule has 64 valence electrons. The van der Waals surface area contributed by atoms with Gasteiger partial charge >= 0.3 is 0 Å². The van der Waals surface area contributed by atoms with Crippen molar-refractivity contribution in [3.05, 3.63) is 11.6 Å². The highest BCUT2D eigenvalue weighted by Gasteiger charge is 2.09. The third-order valence-electron chi connectivity index (χ3n) is 2.08. The highest BCUT2D eigenvalue weighted by atomic mass is 16.3. The number of allylic oxidation sites excluding steroid dienone is 1. The van der Waals surface area contributed by atoms with Crippen LogP contribution in [0.3, 0.4) is 0 Å². The molecule has 0 spiro atoms. The zero-order valence-corrected chi connectivity index (χ0v) is 6.79. The Morgan fingerprint density at radius 1 is 1.55 bits per heavy atom. The van der Waals surface area contributed by atoms with Crippen LogP contribution in [0.1, 0.15) is 32.1 Å². The molecular formula is C9H16O2. The third-order valence-corrected chi connectivity index (χ3v) is 2.08. The number of hydrogen-bond donors (Lipinski definition) is 2. The van der Waals surface area contributed by atoms with Gasteiger partial charge in [0.2, 0.25) is 0 Å². The summed E-state index contributed by atoms with van der Waals surface area (Å²) in [4.78, 5) is 0. The van der Waals surface area contributed by atoms with Crippen LogP contribution < -0.4 is 0 Å². The minimum absolute atomic E-state index is 0.225. The van der Waals surface area contributed by atoms with Gasteiger partial charge in [0.05, 0.1) is 6.10 Å². The largest absolute Gasteiger partial charge is 0.396 e. The highest BCUT2D eigenvalue weighted by molar-refractivity contribution is 5.08. The molecule has 0 aromatic carbocycles. The average Bonchev–Trinajstić information content (AvgIpc) is 2.01. The predicted molar refractivity (Wildman–Crippen MR) is 44.3 cm³/mol. The molecule has 0 bridgehead atoms. The van der Waals surface area contributed by atoms with E-state index < -0.39 is 0 Å². The van der Waals surface area contributed by atoms with Crippen LogP contribution in [0.25, 0.3) is 0 Å². The SMILES string of the molecule is OCCCC1=CC(O)CCC1. The molecule has 0 aliphatic heterocycles. The summed E-state index contributed by atoms with van der Waals surface area (Å²) in [6.45, 7) is 0.257. The van der Waals surface area contributed by atoms with Crippen LogP contribution in [-0.2, 0) is 0 Å². The van der Waals surface area contributed by atoms with Gasteiger partial charge in [-0.05, 0) is 32.1 Å². The second-order valence-electron chi connectivity index (χ2n) is 3.11. The molecule has 0 aromatic rings. The first-order valence-corrected chi connectivity index (χ1v) is 4.31. The summed E-state index contributed by atoms with van der Waals surface area (Å²) < 4.78 is 0. The lowest BCUT2D eigenvalue weighted by Gasteiger charge is -2.16. The number of aliphatic hydroxyl groups is 2. The monoisotopic (exact) mass is 156 g/mol. The number of aliphatic hydroxyl groups excluding tert-OH is 2. The van der Waals surface area contributed by atoms with E-state index in [4.69, 9.17) is 5.11 Å². The van der Waals surface area contributed by atoms with Crippen molar-refractivity contribution in [2.24, 2.45) is 0 Å². The van der Waals surface area contributed by atoms with Crippen LogP contribution in [0.4, 0.5) is 0 Å². The van der Waals surface area contributed by atoms with Gasteiger partial charge in [0, 0.05) is 6.61 Å². The molecule has 0 heterocycles. The second kappa shape index (κ2) is 4.52. The zero-order valence-electron chi connectivity index (χ0n) is 6.79. The van der Waals surface area contributed by atoms with Crippen molar-refractivity contribution in [3.8, 4) is 0 Å². The molecule has 0 saturated heterocycles. The van der Waals surface area contributed by atoms with Crippen LogP contribution in [0.15, 0.2) is 11.6 Å². The highest BCUT2D eigenvalue weighted by Crippen LogP contribution is 2.21. The third kappa shape index (κ3) is 3.04. The second-order valence-corrected chi connectivity index (χ2v) is 3.11. The van der Waals surface area contributed by atoms with Crippen LogP contribution >= 0.6 is 0 Å². The zero-order chi connectivity index (χ0) is 8.10. The Bertz CT molecular complexity index is 140. The van der Waals surface area contributed by atoms with Crippen LogP contribution in [-0.4, -0.2) is 22.9 Å². The van der Waals surface area contributed by atoms with E-state index in [0.29, 0.717) is 0 Å². The lowest BCUT2D eigenvalue weighted by molar-refractivity contribution is 0.200. The summed E-state index contributed by atoms with van der Waals surface area (Å²) >= 11 is 0. The van der Waals surface area contributed by atoms with Crippen LogP contribution in [0.5, 0.6) is 0 Å². The Balaban J connectivity index is 2.31. The van der Waals surface area contributed by atoms with Gasteiger partial charge in [-0.2, -0.15) is 0 Å². The lowest BCUT2D eigenvalue weighted by atomic mass is 9.94. The maximum Gasteiger partial charge on any atom is 0.0723 e. The predicted octanol–water partition coefficient (Wildman–Crippen LogP) is 1.23. The van der Waals surface area contributed by atoms with Gasteiger partial charge in [-0.1, -0.05) is 11.6 Å². The number of rotatable bonds is 3. The minimum Gasteiger partial charge on any atom is -0.396 e. The smallest absolute Gasteiger partial charge is 0.0723 e. The van der Waals surface area contributed by atoms with Gasteiger partial charge in [-0.3, -0.25) is 0 Å². The van der Waals surface area contributed by atoms with Crippen molar-refractivity contribution < 1.29 is 10.2 Å². The molecule has 1 atom stereocenters. The van der Waals surface area contributed by atoms with Crippen molar-refractivity contribution in [1.29, 1.82) is 0 Å². The molecule has 0 fully saturated rings. The van der Waals surface area contributed by atoms with Crippen molar-refractivity contribution >= 4 is 0 Å². The lowest BCUT2D eigenvalue weighted by Crippen LogP contribution is -2.09. The molecule has 0 radical (unpaired) electrons. The van der Waals surface area contributed by atoms with E-state index in [2.05, 4.69) is 0 Å². The summed E-state index contributed by atoms with van der Waals surface area (Å²) in [5, 5.41) is 17.8. The van der Waals surface area contributed by atoms with E-state index in [1.165, 1.54) is 5.57 Å². The fraction of sp³-hybridized carbons (Fsp3) is 0.778. The molecule has 0 amide bonds. The van der Waals surface area contributed by atoms with Crippen LogP contribution in [0, 0.1) is 0 Å². The van der Waals surface area contributed by atoms with Crippen molar-refractivity contribution in [2.45, 2.75) is 38.2 Å². The first kappa shape index (κ1) is 8.75. The Labute approximate surface area is 67.6 Å². The molecule has 1 unspecified atom stereocenters. The van der Waals surface area contributed by atoms with Gasteiger partial charge in [-0.25, -0.2) is 0 Å². The van der Waals surface area contributed by atoms with E-state index >= 15 is 0 Å². The molecule has 2 nitrogen and oxygen atoms in total. The Hall–Kier alpha value is -0.340. The van der Waals surface area contributed by atoms with E-state index in [9.17, 15) is 5.11 Å². The van der Waals surface area contributed by atoms with Crippen molar-refractivity contribution in [2.75, 3.05) is 6.61 Å². The Kier molecular flexibility index (Phi) is 3.60. The summed E-state index contributed by atoms with van der Waals surface area (Å²) in [6.07, 6.45) is 6.61. The van der Waals surface area contributed by atoms with E-state index in [1.54, 1.807) is 0 Å². The van der Waals surface area contributed by atoms with Crippen molar-refractivity contribution in [3.63, 3.8) is 0 Å². The molecule has 11 heavy (non-hydrogen) atoms. The molecule has 1 rings (SSSR count).